The fourth-order valence-electron chi connectivity index (χ4n) is 2.47. The molecule has 0 aromatic rings. The zero-order valence-corrected chi connectivity index (χ0v) is 14.5. The topological polar surface area (TPSA) is 37.4 Å². The molecule has 0 saturated heterocycles. The molecule has 0 aliphatic carbocycles. The van der Waals surface area contributed by atoms with Crippen LogP contribution in [0.2, 0.25) is 0 Å². The summed E-state index contributed by atoms with van der Waals surface area (Å²) in [5.74, 6) is 0.421. The standard InChI is InChI=1S/C18H35NO2/c1-4-6-8-10-15-19(16-11-9-7-5-2)18(21)14-12-13-17(3)20/h4-16H2,1-3H3. The normalized spacial score (nSPS) is 10.6. The molecule has 1 amide bonds. The molecule has 0 aliphatic heterocycles. The van der Waals surface area contributed by atoms with Crippen LogP contribution in [0.5, 0.6) is 0 Å². The molecular formula is C18H35NO2. The van der Waals surface area contributed by atoms with E-state index in [9.17, 15) is 9.59 Å². The Morgan fingerprint density at radius 3 is 1.67 bits per heavy atom. The van der Waals surface area contributed by atoms with Gasteiger partial charge in [-0.15, -0.1) is 0 Å². The molecule has 0 atom stereocenters. The van der Waals surface area contributed by atoms with Gasteiger partial charge in [-0.2, -0.15) is 0 Å². The van der Waals surface area contributed by atoms with Crippen LogP contribution in [0, 0.1) is 0 Å². The molecule has 0 rings (SSSR count). The lowest BCUT2D eigenvalue weighted by atomic mass is 10.1. The van der Waals surface area contributed by atoms with Crippen molar-refractivity contribution in [2.75, 3.05) is 13.1 Å². The Morgan fingerprint density at radius 2 is 1.24 bits per heavy atom. The summed E-state index contributed by atoms with van der Waals surface area (Å²) >= 11 is 0. The summed E-state index contributed by atoms with van der Waals surface area (Å²) in [6, 6.07) is 0. The van der Waals surface area contributed by atoms with E-state index in [1.54, 1.807) is 6.92 Å². The second-order valence-corrected chi connectivity index (χ2v) is 6.06. The summed E-state index contributed by atoms with van der Waals surface area (Å²) in [7, 11) is 0. The van der Waals surface area contributed by atoms with Crippen LogP contribution in [0.15, 0.2) is 0 Å². The van der Waals surface area contributed by atoms with E-state index < -0.39 is 0 Å². The fourth-order valence-corrected chi connectivity index (χ4v) is 2.47. The minimum absolute atomic E-state index is 0.181. The van der Waals surface area contributed by atoms with Crippen molar-refractivity contribution >= 4 is 11.7 Å². The highest BCUT2D eigenvalue weighted by Crippen LogP contribution is 2.08. The second-order valence-electron chi connectivity index (χ2n) is 6.06. The summed E-state index contributed by atoms with van der Waals surface area (Å²) in [5, 5.41) is 0. The van der Waals surface area contributed by atoms with Gasteiger partial charge in [0.05, 0.1) is 0 Å². The predicted molar refractivity (Wildman–Crippen MR) is 89.4 cm³/mol. The van der Waals surface area contributed by atoms with Gasteiger partial charge >= 0.3 is 0 Å². The number of hydrogen-bond acceptors (Lipinski definition) is 2. The minimum Gasteiger partial charge on any atom is -0.343 e. The minimum atomic E-state index is 0.181. The number of Topliss-reactive ketones (excluding diaryl/α,β-unsaturated/α-hetero) is 1. The molecular weight excluding hydrogens is 262 g/mol. The molecule has 3 nitrogen and oxygen atoms in total. The lowest BCUT2D eigenvalue weighted by Gasteiger charge is -2.23. The number of ketones is 1. The van der Waals surface area contributed by atoms with Crippen LogP contribution in [-0.4, -0.2) is 29.7 Å². The monoisotopic (exact) mass is 297 g/mol. The van der Waals surface area contributed by atoms with Gasteiger partial charge in [0.2, 0.25) is 5.91 Å². The van der Waals surface area contributed by atoms with Gasteiger partial charge in [0.1, 0.15) is 5.78 Å². The fraction of sp³-hybridized carbons (Fsp3) is 0.889. The molecule has 3 heteroatoms. The highest BCUT2D eigenvalue weighted by atomic mass is 16.2. The summed E-state index contributed by atoms with van der Waals surface area (Å²) < 4.78 is 0. The van der Waals surface area contributed by atoms with Gasteiger partial charge in [-0.05, 0) is 26.2 Å². The van der Waals surface area contributed by atoms with Gasteiger partial charge < -0.3 is 9.69 Å². The molecule has 21 heavy (non-hydrogen) atoms. The van der Waals surface area contributed by atoms with E-state index in [2.05, 4.69) is 13.8 Å². The van der Waals surface area contributed by atoms with Gasteiger partial charge in [0, 0.05) is 25.9 Å². The highest BCUT2D eigenvalue weighted by Gasteiger charge is 2.12. The molecule has 0 aliphatic rings. The average Bonchev–Trinajstić information content (AvgIpc) is 2.45. The smallest absolute Gasteiger partial charge is 0.222 e. The van der Waals surface area contributed by atoms with Gasteiger partial charge in [-0.25, -0.2) is 0 Å². The van der Waals surface area contributed by atoms with Crippen LogP contribution in [0.3, 0.4) is 0 Å². The molecule has 0 bridgehead atoms. The number of carbonyl (C=O) groups is 2. The first kappa shape index (κ1) is 20.1. The van der Waals surface area contributed by atoms with E-state index >= 15 is 0 Å². The van der Waals surface area contributed by atoms with Crippen LogP contribution in [0.1, 0.15) is 91.4 Å². The van der Waals surface area contributed by atoms with E-state index in [0.29, 0.717) is 19.3 Å². The van der Waals surface area contributed by atoms with Crippen LogP contribution >= 0.6 is 0 Å². The van der Waals surface area contributed by atoms with Crippen LogP contribution in [0.4, 0.5) is 0 Å². The van der Waals surface area contributed by atoms with Crippen LogP contribution in [0.25, 0.3) is 0 Å². The van der Waals surface area contributed by atoms with Crippen molar-refractivity contribution in [3.8, 4) is 0 Å². The zero-order chi connectivity index (χ0) is 15.9. The van der Waals surface area contributed by atoms with Crippen LogP contribution in [-0.2, 0) is 9.59 Å². The highest BCUT2D eigenvalue weighted by molar-refractivity contribution is 5.78. The Hall–Kier alpha value is -0.860. The van der Waals surface area contributed by atoms with Gasteiger partial charge in [0.15, 0.2) is 0 Å². The summed E-state index contributed by atoms with van der Waals surface area (Å²) in [6.07, 6.45) is 11.4. The third-order valence-corrected chi connectivity index (χ3v) is 3.84. The molecule has 0 heterocycles. The zero-order valence-electron chi connectivity index (χ0n) is 14.5. The van der Waals surface area contributed by atoms with Gasteiger partial charge in [-0.1, -0.05) is 52.4 Å². The Balaban J connectivity index is 4.07. The molecule has 0 unspecified atom stereocenters. The second kappa shape index (κ2) is 14.1. The van der Waals surface area contributed by atoms with E-state index in [-0.39, 0.29) is 11.7 Å². The largest absolute Gasteiger partial charge is 0.343 e. The number of nitrogens with zero attached hydrogens (tertiary/aromatic N) is 1. The van der Waals surface area contributed by atoms with E-state index in [4.69, 9.17) is 0 Å². The molecule has 0 radical (unpaired) electrons. The first-order chi connectivity index (χ1) is 10.1. The molecule has 0 spiro atoms. The Kier molecular flexibility index (Phi) is 13.5. The SMILES string of the molecule is CCCCCCN(CCCCCC)C(=O)CCCC(C)=O. The van der Waals surface area contributed by atoms with Gasteiger partial charge in [0.25, 0.3) is 0 Å². The number of rotatable bonds is 14. The lowest BCUT2D eigenvalue weighted by Crippen LogP contribution is -2.32. The van der Waals surface area contributed by atoms with Crippen molar-refractivity contribution < 1.29 is 9.59 Å². The maximum absolute atomic E-state index is 12.3. The molecule has 0 fully saturated rings. The third kappa shape index (κ3) is 12.6. The molecule has 0 saturated carbocycles. The van der Waals surface area contributed by atoms with Gasteiger partial charge in [-0.3, -0.25) is 4.79 Å². The first-order valence-corrected chi connectivity index (χ1v) is 8.89. The van der Waals surface area contributed by atoms with E-state index in [1.165, 1.54) is 38.5 Å². The third-order valence-electron chi connectivity index (χ3n) is 3.84. The maximum atomic E-state index is 12.3. The Morgan fingerprint density at radius 1 is 0.714 bits per heavy atom. The number of hydrogen-bond donors (Lipinski definition) is 0. The quantitative estimate of drug-likeness (QED) is 0.434. The summed E-state index contributed by atoms with van der Waals surface area (Å²) in [5.41, 5.74) is 0. The van der Waals surface area contributed by atoms with Crippen molar-refractivity contribution in [1.29, 1.82) is 0 Å². The number of carbonyl (C=O) groups excluding carboxylic acids is 2. The van der Waals surface area contributed by atoms with Crippen molar-refractivity contribution in [3.63, 3.8) is 0 Å². The number of amides is 1. The predicted octanol–water partition coefficient (Wildman–Crippen LogP) is 4.73. The lowest BCUT2D eigenvalue weighted by molar-refractivity contribution is -0.131. The molecule has 0 aromatic heterocycles. The summed E-state index contributed by atoms with van der Waals surface area (Å²) in [6.45, 7) is 7.79. The van der Waals surface area contributed by atoms with Crippen LogP contribution < -0.4 is 0 Å². The van der Waals surface area contributed by atoms with Crippen molar-refractivity contribution in [1.82, 2.24) is 4.90 Å². The first-order valence-electron chi connectivity index (χ1n) is 8.89. The van der Waals surface area contributed by atoms with E-state index in [1.807, 2.05) is 4.90 Å². The molecule has 0 N–H and O–H groups in total. The number of unbranched alkanes of at least 4 members (excludes halogenated alkanes) is 6. The molecule has 124 valence electrons. The van der Waals surface area contributed by atoms with Crippen molar-refractivity contribution in [2.45, 2.75) is 91.4 Å². The average molecular weight is 297 g/mol. The maximum Gasteiger partial charge on any atom is 0.222 e. The summed E-state index contributed by atoms with van der Waals surface area (Å²) in [4.78, 5) is 25.3. The molecule has 0 aromatic carbocycles. The Bertz CT molecular complexity index is 264. The van der Waals surface area contributed by atoms with E-state index in [0.717, 1.165) is 25.9 Å². The Labute approximate surface area is 131 Å². The van der Waals surface area contributed by atoms with Crippen molar-refractivity contribution in [3.05, 3.63) is 0 Å². The van der Waals surface area contributed by atoms with Crippen molar-refractivity contribution in [2.24, 2.45) is 0 Å².